The minimum absolute atomic E-state index is 0.0498. The van der Waals surface area contributed by atoms with Crippen molar-refractivity contribution in [3.05, 3.63) is 69.4 Å². The van der Waals surface area contributed by atoms with Gasteiger partial charge in [-0.2, -0.15) is 0 Å². The van der Waals surface area contributed by atoms with Crippen LogP contribution >= 0.6 is 0 Å². The monoisotopic (exact) mass is 554 g/mol. The number of morpholine rings is 1. The lowest BCUT2D eigenvalue weighted by molar-refractivity contribution is 0.0374. The van der Waals surface area contributed by atoms with Crippen molar-refractivity contribution < 1.29 is 23.8 Å². The number of nitrogens with one attached hydrogen (secondary N) is 2. The van der Waals surface area contributed by atoms with Crippen LogP contribution in [0.5, 0.6) is 5.75 Å². The van der Waals surface area contributed by atoms with Crippen molar-refractivity contribution in [3.63, 3.8) is 0 Å². The first-order chi connectivity index (χ1) is 19.2. The highest BCUT2D eigenvalue weighted by atomic mass is 19.1. The van der Waals surface area contributed by atoms with Gasteiger partial charge in [0.2, 0.25) is 0 Å². The molecule has 3 amide bonds. The van der Waals surface area contributed by atoms with Gasteiger partial charge in [0.05, 0.1) is 18.7 Å². The van der Waals surface area contributed by atoms with E-state index < -0.39 is 22.8 Å². The second-order valence-corrected chi connectivity index (χ2v) is 9.88. The van der Waals surface area contributed by atoms with E-state index in [9.17, 15) is 23.9 Å². The average Bonchev–Trinajstić information content (AvgIpc) is 2.94. The lowest BCUT2D eigenvalue weighted by atomic mass is 10.1. The quantitative estimate of drug-likeness (QED) is 0.325. The Morgan fingerprint density at radius 3 is 2.50 bits per heavy atom. The van der Waals surface area contributed by atoms with E-state index >= 15 is 0 Å². The normalized spacial score (nSPS) is 13.8. The number of benzene rings is 1. The van der Waals surface area contributed by atoms with Gasteiger partial charge in [-0.15, -0.1) is 0 Å². The zero-order chi connectivity index (χ0) is 28.6. The molecule has 0 spiro atoms. The van der Waals surface area contributed by atoms with Gasteiger partial charge in [-0.3, -0.25) is 19.5 Å². The number of halogens is 1. The number of rotatable bonds is 10. The first-order valence-electron chi connectivity index (χ1n) is 13.3. The Bertz CT molecular complexity index is 1400. The summed E-state index contributed by atoms with van der Waals surface area (Å²) in [4.78, 5) is 46.7. The van der Waals surface area contributed by atoms with Crippen LogP contribution in [0, 0.1) is 5.82 Å². The maximum absolute atomic E-state index is 13.6. The Kier molecular flexibility index (Phi) is 9.67. The van der Waals surface area contributed by atoms with Gasteiger partial charge < -0.3 is 29.9 Å². The van der Waals surface area contributed by atoms with Crippen molar-refractivity contribution in [1.82, 2.24) is 30.0 Å². The molecule has 0 atom stereocenters. The van der Waals surface area contributed by atoms with Crippen molar-refractivity contribution in [2.45, 2.75) is 19.4 Å². The van der Waals surface area contributed by atoms with E-state index in [2.05, 4.69) is 20.5 Å². The molecule has 4 rings (SSSR count). The Balaban J connectivity index is 1.59. The molecule has 11 nitrogen and oxygen atoms in total. The second-order valence-electron chi connectivity index (χ2n) is 9.88. The zero-order valence-corrected chi connectivity index (χ0v) is 22.8. The Hall–Kier alpha value is -4.03. The smallest absolute Gasteiger partial charge is 0.316 e. The van der Waals surface area contributed by atoms with Gasteiger partial charge in [0, 0.05) is 53.0 Å². The van der Waals surface area contributed by atoms with Gasteiger partial charge in [-0.25, -0.2) is 9.18 Å². The van der Waals surface area contributed by atoms with Crippen LogP contribution < -0.4 is 16.2 Å². The van der Waals surface area contributed by atoms with Crippen molar-refractivity contribution in [2.24, 2.45) is 0 Å². The third kappa shape index (κ3) is 7.13. The molecule has 1 aliphatic heterocycles. The summed E-state index contributed by atoms with van der Waals surface area (Å²) in [6.07, 6.45) is 2.65. The van der Waals surface area contributed by atoms with Crippen LogP contribution in [0.15, 0.2) is 41.3 Å². The summed E-state index contributed by atoms with van der Waals surface area (Å²) in [5, 5.41) is 16.5. The highest BCUT2D eigenvalue weighted by Crippen LogP contribution is 2.26. The molecule has 0 bridgehead atoms. The molecule has 1 aliphatic rings. The number of aromatic nitrogens is 2. The number of pyridine rings is 2. The van der Waals surface area contributed by atoms with Crippen molar-refractivity contribution >= 4 is 23.0 Å². The SMILES string of the molecule is CN(C)C(=O)NCCn1c(=O)c(C(=O)NCCCN2CCOCC2)c(O)c2ncc(Cc3ccc(F)cc3)cc21. The third-order valence-electron chi connectivity index (χ3n) is 6.74. The number of nitrogens with zero attached hydrogens (tertiary/aromatic N) is 4. The summed E-state index contributed by atoms with van der Waals surface area (Å²) < 4.78 is 20.0. The summed E-state index contributed by atoms with van der Waals surface area (Å²) in [5.41, 5.74) is 0.910. The molecule has 3 aromatic rings. The molecular formula is C28H35FN6O5. The van der Waals surface area contributed by atoms with Crippen LogP contribution in [0.3, 0.4) is 0 Å². The van der Waals surface area contributed by atoms with Crippen LogP contribution in [0.4, 0.5) is 9.18 Å². The number of carbonyl (C=O) groups excluding carboxylic acids is 2. The topological polar surface area (TPSA) is 129 Å². The second kappa shape index (κ2) is 13.4. The highest BCUT2D eigenvalue weighted by Gasteiger charge is 2.23. The van der Waals surface area contributed by atoms with Gasteiger partial charge in [0.25, 0.3) is 11.5 Å². The van der Waals surface area contributed by atoms with Crippen molar-refractivity contribution in [3.8, 4) is 5.75 Å². The van der Waals surface area contributed by atoms with Gasteiger partial charge in [-0.1, -0.05) is 12.1 Å². The molecule has 0 aliphatic carbocycles. The molecule has 0 unspecified atom stereocenters. The molecule has 1 aromatic carbocycles. The number of amides is 3. The molecule has 0 saturated carbocycles. The maximum Gasteiger partial charge on any atom is 0.316 e. The van der Waals surface area contributed by atoms with Crippen LogP contribution in [0.25, 0.3) is 11.0 Å². The highest BCUT2D eigenvalue weighted by molar-refractivity contribution is 6.01. The molecule has 0 radical (unpaired) electrons. The number of ether oxygens (including phenoxy) is 1. The molecular weight excluding hydrogens is 519 g/mol. The summed E-state index contributed by atoms with van der Waals surface area (Å²) in [7, 11) is 3.20. The summed E-state index contributed by atoms with van der Waals surface area (Å²) in [6, 6.07) is 7.44. The number of fused-ring (bicyclic) bond motifs is 1. The first-order valence-corrected chi connectivity index (χ1v) is 13.3. The number of aromatic hydroxyl groups is 1. The maximum atomic E-state index is 13.6. The average molecular weight is 555 g/mol. The van der Waals surface area contributed by atoms with E-state index in [0.717, 1.165) is 30.8 Å². The predicted octanol–water partition coefficient (Wildman–Crippen LogP) is 1.56. The summed E-state index contributed by atoms with van der Waals surface area (Å²) in [5.74, 6) is -1.52. The van der Waals surface area contributed by atoms with Crippen LogP contribution in [-0.2, 0) is 17.7 Å². The molecule has 40 heavy (non-hydrogen) atoms. The Labute approximate surface area is 231 Å². The van der Waals surface area contributed by atoms with Gasteiger partial charge in [0.1, 0.15) is 16.9 Å². The van der Waals surface area contributed by atoms with E-state index in [4.69, 9.17) is 4.74 Å². The Morgan fingerprint density at radius 2 is 1.80 bits per heavy atom. The minimum atomic E-state index is -0.686. The fraction of sp³-hybridized carbons (Fsp3) is 0.429. The predicted molar refractivity (Wildman–Crippen MR) is 148 cm³/mol. The molecule has 214 valence electrons. The number of urea groups is 1. The van der Waals surface area contributed by atoms with Crippen LogP contribution in [-0.4, -0.2) is 96.4 Å². The van der Waals surface area contributed by atoms with Crippen molar-refractivity contribution in [1.29, 1.82) is 0 Å². The summed E-state index contributed by atoms with van der Waals surface area (Å²) >= 11 is 0. The molecule has 1 saturated heterocycles. The standard InChI is InChI=1S/C28H35FN6O5/c1-33(2)28(39)31-9-11-35-22-17-20(16-19-4-6-21(29)7-5-19)18-32-24(22)25(36)23(27(35)38)26(37)30-8-3-10-34-12-14-40-15-13-34/h4-7,17-18,36H,3,8-16H2,1-2H3,(H,30,37)(H,31,39). The van der Waals surface area contributed by atoms with E-state index in [1.54, 1.807) is 38.5 Å². The van der Waals surface area contributed by atoms with Crippen LogP contribution in [0.1, 0.15) is 27.9 Å². The number of hydrogen-bond donors (Lipinski definition) is 3. The fourth-order valence-corrected chi connectivity index (χ4v) is 4.56. The van der Waals surface area contributed by atoms with Crippen LogP contribution in [0.2, 0.25) is 0 Å². The van der Waals surface area contributed by atoms with E-state index in [0.29, 0.717) is 38.1 Å². The van der Waals surface area contributed by atoms with Crippen molar-refractivity contribution in [2.75, 3.05) is 60.0 Å². The molecule has 2 aromatic heterocycles. The Morgan fingerprint density at radius 1 is 1.07 bits per heavy atom. The van der Waals surface area contributed by atoms with E-state index in [1.165, 1.54) is 21.6 Å². The molecule has 12 heteroatoms. The molecule has 3 N–H and O–H groups in total. The lowest BCUT2D eigenvalue weighted by Crippen LogP contribution is -2.40. The largest absolute Gasteiger partial charge is 0.505 e. The third-order valence-corrected chi connectivity index (χ3v) is 6.74. The number of hydrogen-bond acceptors (Lipinski definition) is 7. The van der Waals surface area contributed by atoms with E-state index in [-0.39, 0.29) is 30.5 Å². The minimum Gasteiger partial charge on any atom is -0.505 e. The summed E-state index contributed by atoms with van der Waals surface area (Å²) in [6.45, 7) is 4.31. The lowest BCUT2D eigenvalue weighted by Gasteiger charge is -2.26. The molecule has 1 fully saturated rings. The van der Waals surface area contributed by atoms with Gasteiger partial charge >= 0.3 is 6.03 Å². The van der Waals surface area contributed by atoms with Gasteiger partial charge in [0.15, 0.2) is 5.75 Å². The van der Waals surface area contributed by atoms with E-state index in [1.807, 2.05) is 0 Å². The van der Waals surface area contributed by atoms with Gasteiger partial charge in [-0.05, 0) is 48.7 Å². The first kappa shape index (κ1) is 29.0. The fourth-order valence-electron chi connectivity index (χ4n) is 4.56. The molecule has 3 heterocycles. The number of carbonyl (C=O) groups is 2. The zero-order valence-electron chi connectivity index (χ0n) is 22.8.